The molecule has 0 bridgehead atoms. The summed E-state index contributed by atoms with van der Waals surface area (Å²) in [6.45, 7) is 0.00591. The molecule has 94 valence electrons. The average molecular weight is 248 g/mol. The fraction of sp³-hybridized carbons (Fsp3) is 0.250. The van der Waals surface area contributed by atoms with Gasteiger partial charge in [0.1, 0.15) is 5.75 Å². The van der Waals surface area contributed by atoms with Crippen LogP contribution in [0.1, 0.15) is 0 Å². The Hall–Kier alpha value is -2.37. The highest BCUT2D eigenvalue weighted by Crippen LogP contribution is 2.34. The third-order valence-corrected chi connectivity index (χ3v) is 2.85. The Morgan fingerprint density at radius 1 is 1.50 bits per heavy atom. The number of hydrogen-bond donors (Lipinski definition) is 0. The highest BCUT2D eigenvalue weighted by molar-refractivity contribution is 6.30. The van der Waals surface area contributed by atoms with E-state index in [0.717, 1.165) is 0 Å². The van der Waals surface area contributed by atoms with E-state index in [1.54, 1.807) is 25.2 Å². The second-order valence-electron chi connectivity index (χ2n) is 3.91. The molecule has 0 spiro atoms. The molecular formula is C12H12N2O4. The number of nitrogens with zero attached hydrogens (tertiary/aromatic N) is 2. The van der Waals surface area contributed by atoms with Gasteiger partial charge in [0.2, 0.25) is 6.29 Å². The minimum Gasteiger partial charge on any atom is -0.482 e. The molecule has 1 heterocycles. The maximum Gasteiger partial charge on any atom is 0.290 e. The normalized spacial score (nSPS) is 13.7. The summed E-state index contributed by atoms with van der Waals surface area (Å²) in [6.07, 6.45) is 0.241. The van der Waals surface area contributed by atoms with E-state index in [4.69, 9.17) is 4.74 Å². The highest BCUT2D eigenvalue weighted by atomic mass is 16.5. The Morgan fingerprint density at radius 2 is 2.22 bits per heavy atom. The van der Waals surface area contributed by atoms with E-state index in [1.165, 1.54) is 16.8 Å². The van der Waals surface area contributed by atoms with Crippen molar-refractivity contribution in [3.05, 3.63) is 18.2 Å². The third-order valence-electron chi connectivity index (χ3n) is 2.85. The Kier molecular flexibility index (Phi) is 3.01. The molecule has 1 aliphatic heterocycles. The highest BCUT2D eigenvalue weighted by Gasteiger charge is 2.23. The van der Waals surface area contributed by atoms with E-state index in [9.17, 15) is 14.4 Å². The standard InChI is InChI=1S/C12H12N2O4/c1-13(11(16)6-15)8-3-4-10-9(5-8)14(2)12(17)7-18-10/h3-6H,7H2,1-2H3. The number of benzene rings is 1. The van der Waals surface area contributed by atoms with Crippen molar-refractivity contribution >= 4 is 29.5 Å². The van der Waals surface area contributed by atoms with Crippen LogP contribution in [0.5, 0.6) is 5.75 Å². The van der Waals surface area contributed by atoms with Gasteiger partial charge in [-0.25, -0.2) is 0 Å². The van der Waals surface area contributed by atoms with E-state index in [0.29, 0.717) is 17.1 Å². The fourth-order valence-corrected chi connectivity index (χ4v) is 1.68. The molecule has 0 N–H and O–H groups in total. The number of likely N-dealkylation sites (N-methyl/N-ethyl adjacent to an activating group) is 2. The Bertz CT molecular complexity index is 527. The summed E-state index contributed by atoms with van der Waals surface area (Å²) < 4.78 is 5.26. The molecule has 2 rings (SSSR count). The van der Waals surface area contributed by atoms with Crippen LogP contribution in [-0.4, -0.2) is 38.8 Å². The van der Waals surface area contributed by atoms with Crippen molar-refractivity contribution in [2.24, 2.45) is 0 Å². The largest absolute Gasteiger partial charge is 0.482 e. The molecule has 0 atom stereocenters. The lowest BCUT2D eigenvalue weighted by atomic mass is 10.2. The first-order chi connectivity index (χ1) is 8.54. The summed E-state index contributed by atoms with van der Waals surface area (Å²) in [5.41, 5.74) is 1.10. The minimum atomic E-state index is -0.652. The molecule has 0 aromatic heterocycles. The minimum absolute atomic E-state index is 0.00591. The third kappa shape index (κ3) is 1.92. The molecule has 6 heteroatoms. The first-order valence-corrected chi connectivity index (χ1v) is 5.31. The van der Waals surface area contributed by atoms with Crippen LogP contribution in [0.25, 0.3) is 0 Å². The van der Waals surface area contributed by atoms with Crippen molar-refractivity contribution in [3.8, 4) is 5.75 Å². The predicted molar refractivity (Wildman–Crippen MR) is 64.8 cm³/mol. The van der Waals surface area contributed by atoms with Gasteiger partial charge in [0.05, 0.1) is 5.69 Å². The van der Waals surface area contributed by atoms with Gasteiger partial charge in [-0.2, -0.15) is 0 Å². The first kappa shape index (κ1) is 12.1. The molecule has 0 fully saturated rings. The van der Waals surface area contributed by atoms with Gasteiger partial charge in [-0.05, 0) is 18.2 Å². The van der Waals surface area contributed by atoms with Gasteiger partial charge in [0.25, 0.3) is 11.8 Å². The van der Waals surface area contributed by atoms with Gasteiger partial charge >= 0.3 is 0 Å². The number of ether oxygens (including phenoxy) is 1. The second-order valence-corrected chi connectivity index (χ2v) is 3.91. The van der Waals surface area contributed by atoms with Gasteiger partial charge in [0, 0.05) is 19.8 Å². The van der Waals surface area contributed by atoms with Crippen molar-refractivity contribution < 1.29 is 19.1 Å². The molecule has 0 radical (unpaired) electrons. The summed E-state index contributed by atoms with van der Waals surface area (Å²) in [5, 5.41) is 0. The van der Waals surface area contributed by atoms with E-state index in [2.05, 4.69) is 0 Å². The van der Waals surface area contributed by atoms with Crippen molar-refractivity contribution in [2.45, 2.75) is 0 Å². The topological polar surface area (TPSA) is 66.9 Å². The predicted octanol–water partition coefficient (Wildman–Crippen LogP) is 0.203. The van der Waals surface area contributed by atoms with Crippen molar-refractivity contribution in [2.75, 3.05) is 30.5 Å². The van der Waals surface area contributed by atoms with Gasteiger partial charge in [-0.3, -0.25) is 14.4 Å². The fourth-order valence-electron chi connectivity index (χ4n) is 1.68. The molecule has 18 heavy (non-hydrogen) atoms. The number of fused-ring (bicyclic) bond motifs is 1. The van der Waals surface area contributed by atoms with E-state index in [-0.39, 0.29) is 18.8 Å². The summed E-state index contributed by atoms with van der Waals surface area (Å²) in [4.78, 5) is 35.9. The average Bonchev–Trinajstić information content (AvgIpc) is 2.41. The molecule has 0 aliphatic carbocycles. The first-order valence-electron chi connectivity index (χ1n) is 5.31. The number of hydrogen-bond acceptors (Lipinski definition) is 4. The van der Waals surface area contributed by atoms with Gasteiger partial charge in [-0.15, -0.1) is 0 Å². The quantitative estimate of drug-likeness (QED) is 0.554. The van der Waals surface area contributed by atoms with Gasteiger partial charge < -0.3 is 14.5 Å². The molecule has 1 aromatic rings. The monoisotopic (exact) mass is 248 g/mol. The summed E-state index contributed by atoms with van der Waals surface area (Å²) >= 11 is 0. The number of anilines is 2. The number of rotatable bonds is 2. The lowest BCUT2D eigenvalue weighted by Gasteiger charge is -2.27. The zero-order valence-corrected chi connectivity index (χ0v) is 10.0. The molecule has 2 amide bonds. The number of aldehydes is 1. The zero-order chi connectivity index (χ0) is 13.3. The van der Waals surface area contributed by atoms with Crippen LogP contribution in [0.15, 0.2) is 18.2 Å². The molecule has 1 aliphatic rings. The number of carbonyl (C=O) groups is 3. The van der Waals surface area contributed by atoms with Gasteiger partial charge in [-0.1, -0.05) is 0 Å². The maximum absolute atomic E-state index is 11.5. The molecule has 1 aromatic carbocycles. The summed E-state index contributed by atoms with van der Waals surface area (Å²) in [5.74, 6) is -0.238. The molecule has 6 nitrogen and oxygen atoms in total. The number of amides is 2. The van der Waals surface area contributed by atoms with Crippen molar-refractivity contribution in [1.82, 2.24) is 0 Å². The maximum atomic E-state index is 11.5. The number of carbonyl (C=O) groups excluding carboxylic acids is 3. The molecule has 0 unspecified atom stereocenters. The Balaban J connectivity index is 2.40. The van der Waals surface area contributed by atoms with Crippen LogP contribution in [0.3, 0.4) is 0 Å². The van der Waals surface area contributed by atoms with Crippen LogP contribution in [0.2, 0.25) is 0 Å². The Labute approximate surface area is 104 Å². The van der Waals surface area contributed by atoms with Crippen LogP contribution in [-0.2, 0) is 14.4 Å². The van der Waals surface area contributed by atoms with Crippen molar-refractivity contribution in [3.63, 3.8) is 0 Å². The second kappa shape index (κ2) is 4.48. The van der Waals surface area contributed by atoms with E-state index in [1.807, 2.05) is 0 Å². The van der Waals surface area contributed by atoms with Crippen LogP contribution in [0.4, 0.5) is 11.4 Å². The SMILES string of the molecule is CN(C(=O)C=O)c1ccc2c(c1)N(C)C(=O)CO2. The molecule has 0 saturated heterocycles. The molecular weight excluding hydrogens is 236 g/mol. The van der Waals surface area contributed by atoms with Gasteiger partial charge in [0.15, 0.2) is 6.61 Å². The smallest absolute Gasteiger partial charge is 0.290 e. The lowest BCUT2D eigenvalue weighted by Crippen LogP contribution is -2.35. The zero-order valence-electron chi connectivity index (χ0n) is 10.0. The van der Waals surface area contributed by atoms with Crippen molar-refractivity contribution in [1.29, 1.82) is 0 Å². The van der Waals surface area contributed by atoms with Crippen LogP contribution < -0.4 is 14.5 Å². The summed E-state index contributed by atoms with van der Waals surface area (Å²) in [7, 11) is 3.12. The van der Waals surface area contributed by atoms with Crippen LogP contribution >= 0.6 is 0 Å². The Morgan fingerprint density at radius 3 is 2.89 bits per heavy atom. The van der Waals surface area contributed by atoms with E-state index < -0.39 is 5.91 Å². The molecule has 0 saturated carbocycles. The summed E-state index contributed by atoms with van der Waals surface area (Å²) in [6, 6.07) is 4.96. The van der Waals surface area contributed by atoms with Crippen LogP contribution in [0, 0.1) is 0 Å². The van der Waals surface area contributed by atoms with E-state index >= 15 is 0 Å². The lowest BCUT2D eigenvalue weighted by molar-refractivity contribution is -0.129.